The standard InChI is InChI=1S/C62H115NO10/c1-3-5-7-9-11-13-14-15-27-30-34-38-42-46-50-58(67)71-51-47-43-39-35-31-28-25-23-21-19-17-16-18-20-22-24-26-29-33-37-41-45-49-57(66)63-54(55(65)48-44-40-36-32-12-10-8-6-4-2)53-72-62-61(70)60(69)59(68)56(52-64)73-62/h9,11,14-15,44,48,54-56,59-62,64-65,68-70H,3-8,10,12-13,16-43,45-47,49-53H2,1-2H3,(H,63,66)/b11-9-,15-14-,48-44+. The first kappa shape index (κ1) is 68.9. The van der Waals surface area contributed by atoms with E-state index in [1.165, 1.54) is 180 Å². The Bertz CT molecular complexity index is 1310. The molecule has 0 saturated carbocycles. The van der Waals surface area contributed by atoms with Gasteiger partial charge in [-0.15, -0.1) is 0 Å². The molecule has 0 aromatic carbocycles. The Kier molecular flexibility index (Phi) is 49.0. The van der Waals surface area contributed by atoms with Crippen LogP contribution < -0.4 is 5.32 Å². The van der Waals surface area contributed by atoms with Crippen molar-refractivity contribution in [2.45, 2.75) is 326 Å². The zero-order valence-electron chi connectivity index (χ0n) is 47.1. The van der Waals surface area contributed by atoms with E-state index < -0.39 is 49.5 Å². The lowest BCUT2D eigenvalue weighted by Crippen LogP contribution is -2.60. The van der Waals surface area contributed by atoms with Crippen molar-refractivity contribution in [3.63, 3.8) is 0 Å². The highest BCUT2D eigenvalue weighted by Crippen LogP contribution is 2.23. The average molecular weight is 1030 g/mol. The van der Waals surface area contributed by atoms with Crippen LogP contribution in [0.25, 0.3) is 0 Å². The number of hydrogen-bond acceptors (Lipinski definition) is 10. The molecule has 1 fully saturated rings. The van der Waals surface area contributed by atoms with Crippen LogP contribution in [-0.4, -0.2) is 100 Å². The predicted molar refractivity (Wildman–Crippen MR) is 301 cm³/mol. The summed E-state index contributed by atoms with van der Waals surface area (Å²) >= 11 is 0. The van der Waals surface area contributed by atoms with Crippen LogP contribution in [0, 0.1) is 0 Å². The third kappa shape index (κ3) is 41.7. The van der Waals surface area contributed by atoms with Crippen molar-refractivity contribution in [2.75, 3.05) is 19.8 Å². The van der Waals surface area contributed by atoms with Gasteiger partial charge in [0.05, 0.1) is 32.0 Å². The van der Waals surface area contributed by atoms with Gasteiger partial charge < -0.3 is 45.1 Å². The summed E-state index contributed by atoms with van der Waals surface area (Å²) < 4.78 is 16.7. The summed E-state index contributed by atoms with van der Waals surface area (Å²) in [6.07, 6.45) is 54.0. The lowest BCUT2D eigenvalue weighted by molar-refractivity contribution is -0.302. The number of aliphatic hydroxyl groups excluding tert-OH is 5. The number of unbranched alkanes of at least 4 members (excludes halogenated alkanes) is 35. The van der Waals surface area contributed by atoms with E-state index in [-0.39, 0.29) is 18.5 Å². The minimum absolute atomic E-state index is 0.0141. The quantitative estimate of drug-likeness (QED) is 0.0195. The Labute approximate surface area is 447 Å². The van der Waals surface area contributed by atoms with Crippen LogP contribution in [-0.2, 0) is 23.8 Å². The normalized spacial score (nSPS) is 19.1. The molecule has 0 spiro atoms. The smallest absolute Gasteiger partial charge is 0.305 e. The van der Waals surface area contributed by atoms with E-state index in [1.54, 1.807) is 6.08 Å². The van der Waals surface area contributed by atoms with Gasteiger partial charge in [-0.1, -0.05) is 249 Å². The average Bonchev–Trinajstić information content (AvgIpc) is 3.39. The Morgan fingerprint density at radius 2 is 0.932 bits per heavy atom. The van der Waals surface area contributed by atoms with Crippen LogP contribution in [0.15, 0.2) is 36.5 Å². The third-order valence-electron chi connectivity index (χ3n) is 14.5. The largest absolute Gasteiger partial charge is 0.466 e. The van der Waals surface area contributed by atoms with E-state index in [1.807, 2.05) is 6.08 Å². The molecule has 1 aliphatic heterocycles. The van der Waals surface area contributed by atoms with Gasteiger partial charge in [0.25, 0.3) is 0 Å². The minimum atomic E-state index is -1.57. The maximum absolute atomic E-state index is 13.0. The first-order valence-corrected chi connectivity index (χ1v) is 30.8. The van der Waals surface area contributed by atoms with Crippen LogP contribution in [0.1, 0.15) is 284 Å². The number of ether oxygens (including phenoxy) is 3. The van der Waals surface area contributed by atoms with Gasteiger partial charge in [0.1, 0.15) is 24.4 Å². The highest BCUT2D eigenvalue weighted by atomic mass is 16.7. The molecule has 1 aliphatic rings. The van der Waals surface area contributed by atoms with E-state index in [0.29, 0.717) is 19.4 Å². The molecule has 0 aromatic rings. The molecule has 0 aromatic heterocycles. The van der Waals surface area contributed by atoms with E-state index in [9.17, 15) is 35.1 Å². The highest BCUT2D eigenvalue weighted by molar-refractivity contribution is 5.76. The van der Waals surface area contributed by atoms with Gasteiger partial charge in [0.2, 0.25) is 5.91 Å². The van der Waals surface area contributed by atoms with Crippen molar-refractivity contribution in [3.05, 3.63) is 36.5 Å². The molecule has 1 heterocycles. The van der Waals surface area contributed by atoms with Gasteiger partial charge in [-0.2, -0.15) is 0 Å². The predicted octanol–water partition coefficient (Wildman–Crippen LogP) is 14.3. The Hall–Kier alpha value is -2.12. The number of carbonyl (C=O) groups excluding carboxylic acids is 2. The summed E-state index contributed by atoms with van der Waals surface area (Å²) in [6.45, 7) is 4.27. The fraction of sp³-hybridized carbons (Fsp3) is 0.871. The van der Waals surface area contributed by atoms with Crippen LogP contribution in [0.2, 0.25) is 0 Å². The van der Waals surface area contributed by atoms with Gasteiger partial charge in [-0.3, -0.25) is 9.59 Å². The summed E-state index contributed by atoms with van der Waals surface area (Å²) in [5, 5.41) is 54.2. The van der Waals surface area contributed by atoms with Crippen molar-refractivity contribution < 1.29 is 49.3 Å². The van der Waals surface area contributed by atoms with Gasteiger partial charge in [0, 0.05) is 12.8 Å². The second-order valence-electron chi connectivity index (χ2n) is 21.4. The van der Waals surface area contributed by atoms with Crippen LogP contribution in [0.3, 0.4) is 0 Å². The third-order valence-corrected chi connectivity index (χ3v) is 14.5. The number of carbonyl (C=O) groups is 2. The monoisotopic (exact) mass is 1030 g/mol. The topological polar surface area (TPSA) is 175 Å². The summed E-state index contributed by atoms with van der Waals surface area (Å²) in [7, 11) is 0. The van der Waals surface area contributed by atoms with E-state index in [4.69, 9.17) is 14.2 Å². The van der Waals surface area contributed by atoms with Gasteiger partial charge in [-0.25, -0.2) is 0 Å². The van der Waals surface area contributed by atoms with Crippen molar-refractivity contribution in [2.24, 2.45) is 0 Å². The number of amides is 1. The summed E-state index contributed by atoms with van der Waals surface area (Å²) in [4.78, 5) is 25.0. The number of esters is 1. The zero-order chi connectivity index (χ0) is 53.1. The molecule has 7 unspecified atom stereocenters. The molecule has 6 N–H and O–H groups in total. The number of nitrogens with one attached hydrogen (secondary N) is 1. The fourth-order valence-corrected chi connectivity index (χ4v) is 9.57. The molecule has 0 bridgehead atoms. The minimum Gasteiger partial charge on any atom is -0.466 e. The van der Waals surface area contributed by atoms with Crippen LogP contribution in [0.4, 0.5) is 0 Å². The van der Waals surface area contributed by atoms with E-state index in [2.05, 4.69) is 43.5 Å². The molecule has 1 saturated heterocycles. The SMILES string of the molecule is CCCC/C=C\C/C=C\CCCCCCCC(=O)OCCCCCCCCCCCCCCCCCCCCCCCCC(=O)NC(COC1OC(CO)C(O)C(O)C1O)C(O)/C=C/CCCCCCCCC. The molecular weight excluding hydrogens is 919 g/mol. The first-order chi connectivity index (χ1) is 35.7. The van der Waals surface area contributed by atoms with Gasteiger partial charge in [-0.05, 0) is 57.8 Å². The highest BCUT2D eigenvalue weighted by Gasteiger charge is 2.44. The fourth-order valence-electron chi connectivity index (χ4n) is 9.57. The van der Waals surface area contributed by atoms with E-state index in [0.717, 1.165) is 77.0 Å². The number of rotatable bonds is 53. The molecule has 1 rings (SSSR count). The number of hydrogen-bond donors (Lipinski definition) is 6. The van der Waals surface area contributed by atoms with Crippen molar-refractivity contribution in [1.82, 2.24) is 5.32 Å². The van der Waals surface area contributed by atoms with Gasteiger partial charge >= 0.3 is 5.97 Å². The molecule has 1 amide bonds. The molecule has 0 aliphatic carbocycles. The second kappa shape index (κ2) is 52.0. The molecule has 11 nitrogen and oxygen atoms in total. The lowest BCUT2D eigenvalue weighted by Gasteiger charge is -2.40. The molecule has 11 heteroatoms. The zero-order valence-corrected chi connectivity index (χ0v) is 47.1. The maximum Gasteiger partial charge on any atom is 0.305 e. The molecular formula is C62H115NO10. The Morgan fingerprint density at radius 3 is 1.42 bits per heavy atom. The summed E-state index contributed by atoms with van der Waals surface area (Å²) in [5.74, 6) is -0.198. The summed E-state index contributed by atoms with van der Waals surface area (Å²) in [5.41, 5.74) is 0. The molecule has 428 valence electrons. The van der Waals surface area contributed by atoms with Crippen molar-refractivity contribution in [1.29, 1.82) is 0 Å². The number of allylic oxidation sites excluding steroid dienone is 5. The van der Waals surface area contributed by atoms with Crippen molar-refractivity contribution in [3.8, 4) is 0 Å². The first-order valence-electron chi connectivity index (χ1n) is 30.8. The van der Waals surface area contributed by atoms with Crippen molar-refractivity contribution >= 4 is 11.9 Å². The molecule has 73 heavy (non-hydrogen) atoms. The van der Waals surface area contributed by atoms with Gasteiger partial charge in [0.15, 0.2) is 6.29 Å². The van der Waals surface area contributed by atoms with Crippen LogP contribution >= 0.6 is 0 Å². The second-order valence-corrected chi connectivity index (χ2v) is 21.4. The van der Waals surface area contributed by atoms with E-state index >= 15 is 0 Å². The summed E-state index contributed by atoms with van der Waals surface area (Å²) in [6, 6.07) is -0.809. The lowest BCUT2D eigenvalue weighted by atomic mass is 9.99. The Morgan fingerprint density at radius 1 is 0.507 bits per heavy atom. The molecule has 0 radical (unpaired) electrons. The number of aliphatic hydroxyl groups is 5. The van der Waals surface area contributed by atoms with Crippen LogP contribution in [0.5, 0.6) is 0 Å². The maximum atomic E-state index is 13.0. The Balaban J connectivity index is 1.98. The molecule has 7 atom stereocenters.